The average molecular weight is 262 g/mol. The third kappa shape index (κ3) is 3.95. The quantitative estimate of drug-likeness (QED) is 0.905. The van der Waals surface area contributed by atoms with Crippen molar-refractivity contribution in [3.63, 3.8) is 0 Å². The van der Waals surface area contributed by atoms with Gasteiger partial charge in [0, 0.05) is 25.7 Å². The Balaban J connectivity index is 1.85. The summed E-state index contributed by atoms with van der Waals surface area (Å²) in [6.45, 7) is 11.7. The van der Waals surface area contributed by atoms with Crippen LogP contribution in [0.4, 0.5) is 0 Å². The highest BCUT2D eigenvalue weighted by atomic mass is 16.5. The maximum absolute atomic E-state index is 5.94. The summed E-state index contributed by atoms with van der Waals surface area (Å²) in [5, 5.41) is 0. The molecule has 0 saturated carbocycles. The van der Waals surface area contributed by atoms with Crippen LogP contribution >= 0.6 is 0 Å². The van der Waals surface area contributed by atoms with Crippen LogP contribution in [0.2, 0.25) is 0 Å². The zero-order chi connectivity index (χ0) is 14.0. The molecule has 1 aliphatic heterocycles. The number of rotatable bonds is 4. The molecule has 1 aromatic carbocycles. The molecule has 106 valence electrons. The van der Waals surface area contributed by atoms with Gasteiger partial charge in [-0.25, -0.2) is 0 Å². The fraction of sp³-hybridized carbons (Fsp3) is 0.625. The van der Waals surface area contributed by atoms with E-state index in [2.05, 4.69) is 56.9 Å². The Labute approximate surface area is 116 Å². The van der Waals surface area contributed by atoms with E-state index in [1.165, 1.54) is 5.56 Å². The molecule has 1 heterocycles. The topological polar surface area (TPSA) is 38.5 Å². The van der Waals surface area contributed by atoms with Gasteiger partial charge in [0.2, 0.25) is 0 Å². The molecule has 19 heavy (non-hydrogen) atoms. The average Bonchev–Trinajstić information content (AvgIpc) is 2.26. The first-order chi connectivity index (χ1) is 8.84. The van der Waals surface area contributed by atoms with Crippen molar-refractivity contribution in [3.05, 3.63) is 29.8 Å². The Morgan fingerprint density at radius 3 is 2.32 bits per heavy atom. The minimum Gasteiger partial charge on any atom is -0.489 e. The van der Waals surface area contributed by atoms with E-state index >= 15 is 0 Å². The molecule has 0 aliphatic carbocycles. The second kappa shape index (κ2) is 5.51. The molecular weight excluding hydrogens is 236 g/mol. The van der Waals surface area contributed by atoms with Crippen LogP contribution in [-0.2, 0) is 5.41 Å². The zero-order valence-electron chi connectivity index (χ0n) is 12.5. The van der Waals surface area contributed by atoms with Gasteiger partial charge in [0.05, 0.1) is 0 Å². The summed E-state index contributed by atoms with van der Waals surface area (Å²) in [6.07, 6.45) is 0.202. The van der Waals surface area contributed by atoms with E-state index in [1.54, 1.807) is 0 Å². The van der Waals surface area contributed by atoms with Crippen molar-refractivity contribution in [3.8, 4) is 5.75 Å². The lowest BCUT2D eigenvalue weighted by atomic mass is 9.87. The summed E-state index contributed by atoms with van der Waals surface area (Å²) >= 11 is 0. The van der Waals surface area contributed by atoms with Gasteiger partial charge in [-0.2, -0.15) is 0 Å². The minimum atomic E-state index is 0.192. The molecule has 0 spiro atoms. The summed E-state index contributed by atoms with van der Waals surface area (Å²) in [5.41, 5.74) is 7.30. The molecule has 1 aliphatic rings. The van der Waals surface area contributed by atoms with Crippen LogP contribution in [0.15, 0.2) is 24.3 Å². The standard InChI is InChI=1S/C16H26N2O/c1-12(9-18-10-14(17)11-18)19-15-7-5-13(6-8-15)16(2,3)4/h5-8,12,14H,9-11,17H2,1-4H3. The molecule has 0 aromatic heterocycles. The first-order valence-electron chi connectivity index (χ1n) is 7.10. The van der Waals surface area contributed by atoms with Gasteiger partial charge < -0.3 is 10.5 Å². The normalized spacial score (nSPS) is 19.0. The molecule has 1 unspecified atom stereocenters. The Bertz CT molecular complexity index is 402. The van der Waals surface area contributed by atoms with Crippen LogP contribution < -0.4 is 10.5 Å². The third-order valence-corrected chi connectivity index (χ3v) is 3.56. The fourth-order valence-corrected chi connectivity index (χ4v) is 2.43. The molecule has 0 amide bonds. The second-order valence-corrected chi connectivity index (χ2v) is 6.68. The largest absolute Gasteiger partial charge is 0.489 e. The van der Waals surface area contributed by atoms with Gasteiger partial charge in [-0.15, -0.1) is 0 Å². The molecule has 2 rings (SSSR count). The van der Waals surface area contributed by atoms with Crippen molar-refractivity contribution >= 4 is 0 Å². The first kappa shape index (κ1) is 14.4. The molecule has 3 nitrogen and oxygen atoms in total. The Hall–Kier alpha value is -1.06. The number of ether oxygens (including phenoxy) is 1. The van der Waals surface area contributed by atoms with Crippen molar-refractivity contribution in [2.24, 2.45) is 5.73 Å². The smallest absolute Gasteiger partial charge is 0.119 e. The molecule has 1 aromatic rings. The molecular formula is C16H26N2O. The lowest BCUT2D eigenvalue weighted by Gasteiger charge is -2.38. The first-order valence-corrected chi connectivity index (χ1v) is 7.10. The molecule has 1 atom stereocenters. The maximum atomic E-state index is 5.94. The SMILES string of the molecule is CC(CN1CC(N)C1)Oc1ccc(C(C)(C)C)cc1. The number of nitrogens with zero attached hydrogens (tertiary/aromatic N) is 1. The molecule has 1 fully saturated rings. The second-order valence-electron chi connectivity index (χ2n) is 6.68. The van der Waals surface area contributed by atoms with E-state index in [0.717, 1.165) is 25.4 Å². The maximum Gasteiger partial charge on any atom is 0.119 e. The summed E-state index contributed by atoms with van der Waals surface area (Å²) in [4.78, 5) is 2.33. The van der Waals surface area contributed by atoms with Gasteiger partial charge in [-0.05, 0) is 30.0 Å². The summed E-state index contributed by atoms with van der Waals surface area (Å²) < 4.78 is 5.94. The van der Waals surface area contributed by atoms with Gasteiger partial charge in [-0.3, -0.25) is 4.90 Å². The molecule has 2 N–H and O–H groups in total. The van der Waals surface area contributed by atoms with Crippen molar-refractivity contribution in [1.29, 1.82) is 0 Å². The van der Waals surface area contributed by atoms with Crippen LogP contribution in [0.1, 0.15) is 33.3 Å². The van der Waals surface area contributed by atoms with Gasteiger partial charge in [-0.1, -0.05) is 32.9 Å². The highest BCUT2D eigenvalue weighted by Gasteiger charge is 2.24. The van der Waals surface area contributed by atoms with Crippen LogP contribution in [0.25, 0.3) is 0 Å². The lowest BCUT2D eigenvalue weighted by Crippen LogP contribution is -2.57. The molecule has 1 saturated heterocycles. The minimum absolute atomic E-state index is 0.192. The number of likely N-dealkylation sites (tertiary alicyclic amines) is 1. The third-order valence-electron chi connectivity index (χ3n) is 3.56. The highest BCUT2D eigenvalue weighted by Crippen LogP contribution is 2.24. The predicted molar refractivity (Wildman–Crippen MR) is 79.6 cm³/mol. The summed E-state index contributed by atoms with van der Waals surface area (Å²) in [7, 11) is 0. The number of nitrogens with two attached hydrogens (primary N) is 1. The number of benzene rings is 1. The van der Waals surface area contributed by atoms with Crippen LogP contribution in [0.5, 0.6) is 5.75 Å². The number of hydrogen-bond donors (Lipinski definition) is 1. The van der Waals surface area contributed by atoms with E-state index in [0.29, 0.717) is 6.04 Å². The van der Waals surface area contributed by atoms with Gasteiger partial charge in [0.1, 0.15) is 11.9 Å². The van der Waals surface area contributed by atoms with E-state index in [-0.39, 0.29) is 11.5 Å². The molecule has 0 bridgehead atoms. The highest BCUT2D eigenvalue weighted by molar-refractivity contribution is 5.31. The Morgan fingerprint density at radius 2 is 1.84 bits per heavy atom. The van der Waals surface area contributed by atoms with Crippen molar-refractivity contribution in [2.45, 2.75) is 45.3 Å². The summed E-state index contributed by atoms with van der Waals surface area (Å²) in [5.74, 6) is 0.949. The summed E-state index contributed by atoms with van der Waals surface area (Å²) in [6, 6.07) is 8.80. The van der Waals surface area contributed by atoms with E-state index < -0.39 is 0 Å². The zero-order valence-corrected chi connectivity index (χ0v) is 12.5. The van der Waals surface area contributed by atoms with Gasteiger partial charge >= 0.3 is 0 Å². The predicted octanol–water partition coefficient (Wildman–Crippen LogP) is 2.39. The van der Waals surface area contributed by atoms with Crippen LogP contribution in [0.3, 0.4) is 0 Å². The van der Waals surface area contributed by atoms with Crippen molar-refractivity contribution in [1.82, 2.24) is 4.90 Å². The van der Waals surface area contributed by atoms with Gasteiger partial charge in [0.15, 0.2) is 0 Å². The Kier molecular flexibility index (Phi) is 4.16. The molecule has 0 radical (unpaired) electrons. The van der Waals surface area contributed by atoms with Crippen LogP contribution in [0, 0.1) is 0 Å². The van der Waals surface area contributed by atoms with E-state index in [1.807, 2.05) is 0 Å². The lowest BCUT2D eigenvalue weighted by molar-refractivity contribution is 0.0878. The van der Waals surface area contributed by atoms with Crippen molar-refractivity contribution < 1.29 is 4.74 Å². The van der Waals surface area contributed by atoms with E-state index in [4.69, 9.17) is 10.5 Å². The van der Waals surface area contributed by atoms with Crippen LogP contribution in [-0.4, -0.2) is 36.7 Å². The number of hydrogen-bond acceptors (Lipinski definition) is 3. The molecule has 3 heteroatoms. The van der Waals surface area contributed by atoms with E-state index in [9.17, 15) is 0 Å². The fourth-order valence-electron chi connectivity index (χ4n) is 2.43. The van der Waals surface area contributed by atoms with Gasteiger partial charge in [0.25, 0.3) is 0 Å². The Morgan fingerprint density at radius 1 is 1.26 bits per heavy atom. The van der Waals surface area contributed by atoms with Crippen molar-refractivity contribution in [2.75, 3.05) is 19.6 Å². The monoisotopic (exact) mass is 262 g/mol.